The predicted molar refractivity (Wildman–Crippen MR) is 61.9 cm³/mol. The molecular weight excluding hydrogens is 205 g/mol. The average Bonchev–Trinajstić information content (AvgIpc) is 3.04. The van der Waals surface area contributed by atoms with Gasteiger partial charge in [0.25, 0.3) is 0 Å². The maximum absolute atomic E-state index is 13.7. The minimum absolute atomic E-state index is 0.229. The van der Waals surface area contributed by atoms with Crippen molar-refractivity contribution < 1.29 is 4.39 Å². The molecule has 1 aliphatic heterocycles. The summed E-state index contributed by atoms with van der Waals surface area (Å²) in [6, 6.07) is 7.00. The van der Waals surface area contributed by atoms with E-state index in [0.717, 1.165) is 0 Å². The average molecular weight is 219 g/mol. The van der Waals surface area contributed by atoms with E-state index < -0.39 is 0 Å². The van der Waals surface area contributed by atoms with Gasteiger partial charge in [-0.2, -0.15) is 0 Å². The number of nitrogens with zero attached hydrogens (tertiary/aromatic N) is 2. The van der Waals surface area contributed by atoms with Gasteiger partial charge in [-0.05, 0) is 30.9 Å². The largest absolute Gasteiger partial charge is 0.370 e. The summed E-state index contributed by atoms with van der Waals surface area (Å²) >= 11 is 0. The van der Waals surface area contributed by atoms with Crippen molar-refractivity contribution in [1.82, 2.24) is 0 Å². The van der Waals surface area contributed by atoms with Crippen LogP contribution >= 0.6 is 0 Å². The Hall–Kier alpha value is -1.58. The van der Waals surface area contributed by atoms with E-state index in [2.05, 4.69) is 4.99 Å². The maximum Gasteiger partial charge on any atom is 0.196 e. The van der Waals surface area contributed by atoms with Gasteiger partial charge >= 0.3 is 0 Å². The van der Waals surface area contributed by atoms with Crippen LogP contribution in [-0.4, -0.2) is 18.5 Å². The van der Waals surface area contributed by atoms with E-state index in [0.29, 0.717) is 24.1 Å². The summed E-state index contributed by atoms with van der Waals surface area (Å²) in [4.78, 5) is 6.09. The highest BCUT2D eigenvalue weighted by Gasteiger charge is 2.40. The molecule has 1 atom stereocenters. The molecule has 0 saturated heterocycles. The molecule has 0 aromatic heterocycles. The molecule has 1 aliphatic carbocycles. The van der Waals surface area contributed by atoms with Crippen LogP contribution in [0.4, 0.5) is 10.1 Å². The third-order valence-corrected chi connectivity index (χ3v) is 3.30. The molecule has 2 N–H and O–H groups in total. The maximum atomic E-state index is 13.7. The molecule has 0 amide bonds. The Morgan fingerprint density at radius 3 is 2.75 bits per heavy atom. The lowest BCUT2D eigenvalue weighted by atomic mass is 10.1. The number of aliphatic imine (C=N–C) groups is 1. The normalized spacial score (nSPS) is 24.7. The number of anilines is 1. The molecule has 0 spiro atoms. The van der Waals surface area contributed by atoms with Gasteiger partial charge in [0.05, 0.1) is 18.3 Å². The van der Waals surface area contributed by atoms with Crippen LogP contribution < -0.4 is 10.6 Å². The van der Waals surface area contributed by atoms with Gasteiger partial charge in [-0.3, -0.25) is 4.99 Å². The molecule has 1 aromatic carbocycles. The van der Waals surface area contributed by atoms with Crippen LogP contribution in [0.15, 0.2) is 29.3 Å². The van der Waals surface area contributed by atoms with Crippen molar-refractivity contribution in [2.45, 2.75) is 18.9 Å². The fourth-order valence-electron chi connectivity index (χ4n) is 2.30. The molecule has 1 heterocycles. The van der Waals surface area contributed by atoms with E-state index in [1.54, 1.807) is 12.1 Å². The summed E-state index contributed by atoms with van der Waals surface area (Å²) in [5.41, 5.74) is 6.40. The summed E-state index contributed by atoms with van der Waals surface area (Å²) in [5, 5.41) is 0. The summed E-state index contributed by atoms with van der Waals surface area (Å²) in [6.45, 7) is 0.699. The topological polar surface area (TPSA) is 41.6 Å². The lowest BCUT2D eigenvalue weighted by Crippen LogP contribution is -2.42. The number of halogens is 1. The van der Waals surface area contributed by atoms with Crippen LogP contribution in [0.2, 0.25) is 0 Å². The molecule has 84 valence electrons. The lowest BCUT2D eigenvalue weighted by molar-refractivity contribution is 0.593. The molecule has 0 bridgehead atoms. The summed E-state index contributed by atoms with van der Waals surface area (Å²) < 4.78 is 13.7. The van der Waals surface area contributed by atoms with E-state index >= 15 is 0 Å². The molecule has 1 fully saturated rings. The molecule has 0 radical (unpaired) electrons. The van der Waals surface area contributed by atoms with Crippen molar-refractivity contribution in [3.8, 4) is 0 Å². The quantitative estimate of drug-likeness (QED) is 0.823. The Balaban J connectivity index is 1.97. The van der Waals surface area contributed by atoms with Gasteiger partial charge in [0, 0.05) is 0 Å². The van der Waals surface area contributed by atoms with Crippen LogP contribution in [0.3, 0.4) is 0 Å². The van der Waals surface area contributed by atoms with Crippen LogP contribution in [0.25, 0.3) is 0 Å². The van der Waals surface area contributed by atoms with E-state index in [1.165, 1.54) is 18.9 Å². The molecule has 1 saturated carbocycles. The first-order chi connectivity index (χ1) is 7.77. The Labute approximate surface area is 93.8 Å². The second-order valence-corrected chi connectivity index (χ2v) is 4.43. The number of guanidine groups is 1. The minimum atomic E-state index is -0.229. The first-order valence-corrected chi connectivity index (χ1v) is 5.61. The first kappa shape index (κ1) is 9.63. The van der Waals surface area contributed by atoms with Crippen LogP contribution in [0, 0.1) is 11.7 Å². The highest BCUT2D eigenvalue weighted by atomic mass is 19.1. The van der Waals surface area contributed by atoms with Crippen molar-refractivity contribution in [1.29, 1.82) is 0 Å². The Bertz CT molecular complexity index is 440. The molecule has 1 unspecified atom stereocenters. The molecule has 4 heteroatoms. The van der Waals surface area contributed by atoms with Crippen LogP contribution in [0.5, 0.6) is 0 Å². The van der Waals surface area contributed by atoms with E-state index in [9.17, 15) is 4.39 Å². The van der Waals surface area contributed by atoms with Gasteiger partial charge < -0.3 is 10.6 Å². The van der Waals surface area contributed by atoms with Crippen molar-refractivity contribution in [3.05, 3.63) is 30.1 Å². The molecule has 1 aromatic rings. The van der Waals surface area contributed by atoms with Gasteiger partial charge in [-0.1, -0.05) is 12.1 Å². The zero-order chi connectivity index (χ0) is 11.1. The van der Waals surface area contributed by atoms with Gasteiger partial charge in [-0.15, -0.1) is 0 Å². The van der Waals surface area contributed by atoms with E-state index in [-0.39, 0.29) is 11.9 Å². The number of para-hydroxylation sites is 1. The third-order valence-electron chi connectivity index (χ3n) is 3.30. The third kappa shape index (κ3) is 1.45. The van der Waals surface area contributed by atoms with Gasteiger partial charge in [0.1, 0.15) is 5.82 Å². The summed E-state index contributed by atoms with van der Waals surface area (Å²) in [7, 11) is 0. The number of hydrogen-bond acceptors (Lipinski definition) is 3. The van der Waals surface area contributed by atoms with Crippen molar-refractivity contribution in [2.24, 2.45) is 16.6 Å². The van der Waals surface area contributed by atoms with E-state index in [4.69, 9.17) is 5.73 Å². The number of hydrogen-bond donors (Lipinski definition) is 1. The van der Waals surface area contributed by atoms with E-state index in [1.807, 2.05) is 11.0 Å². The highest BCUT2D eigenvalue weighted by molar-refractivity contribution is 5.97. The lowest BCUT2D eigenvalue weighted by Gasteiger charge is -2.26. The smallest absolute Gasteiger partial charge is 0.196 e. The van der Waals surface area contributed by atoms with Gasteiger partial charge in [0.15, 0.2) is 5.96 Å². The Morgan fingerprint density at radius 1 is 1.31 bits per heavy atom. The zero-order valence-corrected chi connectivity index (χ0v) is 8.94. The predicted octanol–water partition coefficient (Wildman–Crippen LogP) is 1.74. The van der Waals surface area contributed by atoms with Crippen molar-refractivity contribution in [2.75, 3.05) is 11.4 Å². The second kappa shape index (κ2) is 3.47. The Kier molecular flexibility index (Phi) is 2.09. The summed E-state index contributed by atoms with van der Waals surface area (Å²) in [6.07, 6.45) is 2.41. The monoisotopic (exact) mass is 219 g/mol. The zero-order valence-electron chi connectivity index (χ0n) is 8.94. The van der Waals surface area contributed by atoms with Crippen LogP contribution in [-0.2, 0) is 0 Å². The highest BCUT2D eigenvalue weighted by Crippen LogP contribution is 2.39. The van der Waals surface area contributed by atoms with Gasteiger partial charge in [-0.25, -0.2) is 4.39 Å². The fraction of sp³-hybridized carbons (Fsp3) is 0.417. The molecular formula is C12H14FN3. The fourth-order valence-corrected chi connectivity index (χ4v) is 2.30. The van der Waals surface area contributed by atoms with Crippen molar-refractivity contribution >= 4 is 11.6 Å². The second-order valence-electron chi connectivity index (χ2n) is 4.43. The van der Waals surface area contributed by atoms with Crippen molar-refractivity contribution in [3.63, 3.8) is 0 Å². The van der Waals surface area contributed by atoms with Gasteiger partial charge in [0.2, 0.25) is 0 Å². The number of nitrogens with two attached hydrogens (primary N) is 1. The number of rotatable bonds is 2. The SMILES string of the molecule is NC1=NCC(C2CC2)N1c1ccccc1F. The summed E-state index contributed by atoms with van der Waals surface area (Å²) in [5.74, 6) is 0.847. The van der Waals surface area contributed by atoms with Crippen LogP contribution in [0.1, 0.15) is 12.8 Å². The number of benzene rings is 1. The molecule has 3 rings (SSSR count). The molecule has 3 nitrogen and oxygen atoms in total. The molecule has 16 heavy (non-hydrogen) atoms. The first-order valence-electron chi connectivity index (χ1n) is 5.61. The Morgan fingerprint density at radius 2 is 2.06 bits per heavy atom. The standard InChI is InChI=1S/C12H14FN3/c13-9-3-1-2-4-10(9)16-11(8-5-6-8)7-15-12(16)14/h1-4,8,11H,5-7H2,(H2,14,15). The minimum Gasteiger partial charge on any atom is -0.370 e. The molecule has 2 aliphatic rings.